The van der Waals surface area contributed by atoms with Crippen molar-refractivity contribution in [2.75, 3.05) is 18.2 Å². The van der Waals surface area contributed by atoms with Gasteiger partial charge in [0, 0.05) is 12.4 Å². The minimum absolute atomic E-state index is 0.00238. The molecule has 0 atom stereocenters. The van der Waals surface area contributed by atoms with E-state index in [1.807, 2.05) is 0 Å². The zero-order valence-electron chi connectivity index (χ0n) is 5.22. The van der Waals surface area contributed by atoms with Crippen molar-refractivity contribution in [1.82, 2.24) is 4.72 Å². The van der Waals surface area contributed by atoms with Gasteiger partial charge in [0.25, 0.3) is 0 Å². The van der Waals surface area contributed by atoms with Crippen LogP contribution < -0.4 is 4.72 Å². The average Bonchev–Trinajstić information content (AvgIpc) is 1.64. The van der Waals surface area contributed by atoms with Gasteiger partial charge in [0.05, 0.1) is 5.75 Å². The molecule has 0 aromatic carbocycles. The molecule has 0 saturated carbocycles. The summed E-state index contributed by atoms with van der Waals surface area (Å²) >= 11 is 5.20. The number of hydrogen-bond donors (Lipinski definition) is 1. The molecule has 0 amide bonds. The smallest absolute Gasteiger partial charge is 0.212 e. The molecule has 0 aliphatic heterocycles. The third-order valence-electron chi connectivity index (χ3n) is 0.710. The van der Waals surface area contributed by atoms with Gasteiger partial charge in [0.1, 0.15) is 0 Å². The predicted octanol–water partition coefficient (Wildman–Crippen LogP) is 0.164. The van der Waals surface area contributed by atoms with Crippen LogP contribution in [0.5, 0.6) is 0 Å². The van der Waals surface area contributed by atoms with Gasteiger partial charge in [0.2, 0.25) is 10.0 Å². The van der Waals surface area contributed by atoms with Crippen molar-refractivity contribution in [3.05, 3.63) is 0 Å². The monoisotopic (exact) mass is 171 g/mol. The van der Waals surface area contributed by atoms with E-state index < -0.39 is 10.0 Å². The Labute approximate surface area is 60.4 Å². The average molecular weight is 172 g/mol. The first-order chi connectivity index (χ1) is 4.12. The fraction of sp³-hybridized carbons (Fsp3) is 1.00. The zero-order valence-corrected chi connectivity index (χ0v) is 6.80. The van der Waals surface area contributed by atoms with E-state index in [4.69, 9.17) is 11.6 Å². The van der Waals surface area contributed by atoms with E-state index in [1.165, 1.54) is 0 Å². The Kier molecular flexibility index (Phi) is 4.18. The minimum Gasteiger partial charge on any atom is -0.215 e. The summed E-state index contributed by atoms with van der Waals surface area (Å²) in [6.07, 6.45) is 0. The molecule has 0 bridgehead atoms. The highest BCUT2D eigenvalue weighted by atomic mass is 35.5. The van der Waals surface area contributed by atoms with Gasteiger partial charge in [-0.1, -0.05) is 6.92 Å². The van der Waals surface area contributed by atoms with Crippen LogP contribution in [0.4, 0.5) is 0 Å². The van der Waals surface area contributed by atoms with Gasteiger partial charge < -0.3 is 0 Å². The van der Waals surface area contributed by atoms with Crippen LogP contribution in [0.25, 0.3) is 0 Å². The standard InChI is InChI=1S/C4H10ClNO2S/c1-2-6-9(7,8)4-3-5/h6H,2-4H2,1H3. The third kappa shape index (κ3) is 4.69. The van der Waals surface area contributed by atoms with Crippen LogP contribution in [-0.2, 0) is 10.0 Å². The van der Waals surface area contributed by atoms with E-state index in [0.717, 1.165) is 0 Å². The Balaban J connectivity index is 3.73. The van der Waals surface area contributed by atoms with Gasteiger partial charge in [-0.2, -0.15) is 0 Å². The molecule has 0 fully saturated rings. The van der Waals surface area contributed by atoms with Crippen LogP contribution in [0.15, 0.2) is 0 Å². The number of rotatable bonds is 4. The summed E-state index contributed by atoms with van der Waals surface area (Å²) in [5, 5.41) is 0. The first-order valence-corrected chi connectivity index (χ1v) is 4.84. The predicted molar refractivity (Wildman–Crippen MR) is 38.2 cm³/mol. The Hall–Kier alpha value is 0.200. The molecule has 56 valence electrons. The largest absolute Gasteiger partial charge is 0.215 e. The van der Waals surface area contributed by atoms with Crippen molar-refractivity contribution < 1.29 is 8.42 Å². The van der Waals surface area contributed by atoms with E-state index in [0.29, 0.717) is 6.54 Å². The van der Waals surface area contributed by atoms with E-state index >= 15 is 0 Å². The van der Waals surface area contributed by atoms with Crippen molar-refractivity contribution in [3.63, 3.8) is 0 Å². The Morgan fingerprint density at radius 1 is 1.56 bits per heavy atom. The lowest BCUT2D eigenvalue weighted by Gasteiger charge is -1.98. The quantitative estimate of drug-likeness (QED) is 0.613. The maximum atomic E-state index is 10.6. The van der Waals surface area contributed by atoms with Crippen LogP contribution >= 0.6 is 11.6 Å². The molecule has 0 radical (unpaired) electrons. The van der Waals surface area contributed by atoms with E-state index in [9.17, 15) is 8.42 Å². The second kappa shape index (κ2) is 4.09. The van der Waals surface area contributed by atoms with Gasteiger partial charge in [-0.25, -0.2) is 13.1 Å². The lowest BCUT2D eigenvalue weighted by Crippen LogP contribution is -2.26. The molecular formula is C4H10ClNO2S. The molecule has 0 rings (SSSR count). The first kappa shape index (κ1) is 9.20. The van der Waals surface area contributed by atoms with Crippen LogP contribution in [-0.4, -0.2) is 26.6 Å². The number of hydrogen-bond acceptors (Lipinski definition) is 2. The van der Waals surface area contributed by atoms with Crippen LogP contribution in [0, 0.1) is 0 Å². The van der Waals surface area contributed by atoms with Crippen LogP contribution in [0.3, 0.4) is 0 Å². The third-order valence-corrected chi connectivity index (χ3v) is 2.59. The van der Waals surface area contributed by atoms with E-state index in [1.54, 1.807) is 6.92 Å². The fourth-order valence-corrected chi connectivity index (χ4v) is 1.79. The number of sulfonamides is 1. The highest BCUT2D eigenvalue weighted by molar-refractivity contribution is 7.89. The molecule has 3 nitrogen and oxygen atoms in total. The lowest BCUT2D eigenvalue weighted by molar-refractivity contribution is 0.585. The lowest BCUT2D eigenvalue weighted by atomic mass is 10.8. The van der Waals surface area contributed by atoms with Crippen molar-refractivity contribution in [2.45, 2.75) is 6.92 Å². The molecule has 0 aromatic rings. The van der Waals surface area contributed by atoms with E-state index in [2.05, 4.69) is 4.72 Å². The van der Waals surface area contributed by atoms with Crippen LogP contribution in [0.1, 0.15) is 6.92 Å². The molecule has 0 saturated heterocycles. The molecular weight excluding hydrogens is 162 g/mol. The molecule has 0 heterocycles. The molecule has 1 N–H and O–H groups in total. The summed E-state index contributed by atoms with van der Waals surface area (Å²) in [4.78, 5) is 0. The summed E-state index contributed by atoms with van der Waals surface area (Å²) < 4.78 is 23.6. The summed E-state index contributed by atoms with van der Waals surface area (Å²) in [6.45, 7) is 2.16. The molecule has 0 unspecified atom stereocenters. The van der Waals surface area contributed by atoms with Gasteiger partial charge in [-0.3, -0.25) is 0 Å². The van der Waals surface area contributed by atoms with Gasteiger partial charge in [-0.15, -0.1) is 11.6 Å². The first-order valence-electron chi connectivity index (χ1n) is 2.65. The molecule has 0 spiro atoms. The molecule has 9 heavy (non-hydrogen) atoms. The Morgan fingerprint density at radius 3 is 2.44 bits per heavy atom. The summed E-state index contributed by atoms with van der Waals surface area (Å²) in [5.41, 5.74) is 0. The number of nitrogens with one attached hydrogen (secondary N) is 1. The second-order valence-corrected chi connectivity index (χ2v) is 3.81. The Bertz CT molecular complexity index is 142. The maximum Gasteiger partial charge on any atom is 0.212 e. The maximum absolute atomic E-state index is 10.6. The van der Waals surface area contributed by atoms with Gasteiger partial charge in [0.15, 0.2) is 0 Å². The normalized spacial score (nSPS) is 11.8. The van der Waals surface area contributed by atoms with Crippen molar-refractivity contribution >= 4 is 21.6 Å². The van der Waals surface area contributed by atoms with Gasteiger partial charge in [-0.05, 0) is 0 Å². The highest BCUT2D eigenvalue weighted by Gasteiger charge is 2.04. The van der Waals surface area contributed by atoms with Crippen LogP contribution in [0.2, 0.25) is 0 Å². The SMILES string of the molecule is CCNS(=O)(=O)CCCl. The second-order valence-electron chi connectivity index (χ2n) is 1.51. The molecule has 0 aliphatic carbocycles. The van der Waals surface area contributed by atoms with E-state index in [-0.39, 0.29) is 11.6 Å². The summed E-state index contributed by atoms with van der Waals surface area (Å²) in [5.74, 6) is 0.151. The summed E-state index contributed by atoms with van der Waals surface area (Å²) in [7, 11) is -3.06. The molecule has 5 heteroatoms. The molecule has 0 aromatic heterocycles. The minimum atomic E-state index is -3.06. The topological polar surface area (TPSA) is 46.2 Å². The Morgan fingerprint density at radius 2 is 2.11 bits per heavy atom. The number of alkyl halides is 1. The van der Waals surface area contributed by atoms with Gasteiger partial charge >= 0.3 is 0 Å². The fourth-order valence-electron chi connectivity index (χ4n) is 0.394. The number of halogens is 1. The van der Waals surface area contributed by atoms with Crippen molar-refractivity contribution in [1.29, 1.82) is 0 Å². The van der Waals surface area contributed by atoms with Crippen molar-refractivity contribution in [2.24, 2.45) is 0 Å². The van der Waals surface area contributed by atoms with Crippen molar-refractivity contribution in [3.8, 4) is 0 Å². The molecule has 0 aliphatic rings. The highest BCUT2D eigenvalue weighted by Crippen LogP contribution is 1.84. The zero-order chi connectivity index (χ0) is 7.33. The summed E-state index contributed by atoms with van der Waals surface area (Å²) in [6, 6.07) is 0.